The molecule has 0 spiro atoms. The maximum absolute atomic E-state index is 12.3. The third-order valence-corrected chi connectivity index (χ3v) is 3.80. The van der Waals surface area contributed by atoms with Crippen molar-refractivity contribution in [2.45, 2.75) is 18.9 Å². The van der Waals surface area contributed by atoms with Gasteiger partial charge in [-0.2, -0.15) is 0 Å². The molecule has 1 heterocycles. The van der Waals surface area contributed by atoms with Gasteiger partial charge in [-0.05, 0) is 59.7 Å². The first kappa shape index (κ1) is 13.3. The summed E-state index contributed by atoms with van der Waals surface area (Å²) in [4.78, 5) is 25.5. The van der Waals surface area contributed by atoms with E-state index >= 15 is 0 Å². The monoisotopic (exact) mass is 359 g/mol. The molecule has 96 valence electrons. The summed E-state index contributed by atoms with van der Waals surface area (Å²) in [5, 5.41) is 0. The molecule has 0 aliphatic carbocycles. The molecule has 4 nitrogen and oxygen atoms in total. The minimum atomic E-state index is -0.429. The van der Waals surface area contributed by atoms with Gasteiger partial charge in [0.1, 0.15) is 6.04 Å². The van der Waals surface area contributed by atoms with Crippen molar-refractivity contribution in [3.8, 4) is 0 Å². The first-order valence-corrected chi connectivity index (χ1v) is 6.85. The average Bonchev–Trinajstić information content (AvgIpc) is 2.87. The van der Waals surface area contributed by atoms with Crippen molar-refractivity contribution in [3.05, 3.63) is 33.4 Å². The summed E-state index contributed by atoms with van der Waals surface area (Å²) in [6.07, 6.45) is 1.53. The Hall–Kier alpha value is -1.11. The summed E-state index contributed by atoms with van der Waals surface area (Å²) in [5.74, 6) is -0.425. The van der Waals surface area contributed by atoms with Crippen LogP contribution in [0.5, 0.6) is 0 Å². The van der Waals surface area contributed by atoms with Gasteiger partial charge in [0.2, 0.25) is 0 Å². The summed E-state index contributed by atoms with van der Waals surface area (Å²) >= 11 is 2.19. The predicted molar refractivity (Wildman–Crippen MR) is 75.2 cm³/mol. The molecule has 1 saturated heterocycles. The van der Waals surface area contributed by atoms with E-state index in [0.717, 1.165) is 9.99 Å². The van der Waals surface area contributed by atoms with Crippen LogP contribution in [0.3, 0.4) is 0 Å². The molecule has 5 heteroatoms. The van der Waals surface area contributed by atoms with Gasteiger partial charge in [0.05, 0.1) is 7.11 Å². The number of carbonyl (C=O) groups is 2. The van der Waals surface area contributed by atoms with Crippen LogP contribution in [0.2, 0.25) is 0 Å². The maximum Gasteiger partial charge on any atom is 0.328 e. The van der Waals surface area contributed by atoms with Crippen molar-refractivity contribution in [2.24, 2.45) is 0 Å². The number of benzene rings is 1. The van der Waals surface area contributed by atoms with Crippen molar-refractivity contribution in [2.75, 3.05) is 13.7 Å². The zero-order chi connectivity index (χ0) is 13.1. The Kier molecular flexibility index (Phi) is 4.21. The molecule has 0 bridgehead atoms. The Bertz CT molecular complexity index is 458. The van der Waals surface area contributed by atoms with Gasteiger partial charge in [-0.25, -0.2) is 4.79 Å². The number of amides is 1. The van der Waals surface area contributed by atoms with Crippen LogP contribution in [0, 0.1) is 3.57 Å². The van der Waals surface area contributed by atoms with E-state index in [1.165, 1.54) is 7.11 Å². The molecule has 0 radical (unpaired) electrons. The minimum Gasteiger partial charge on any atom is -0.467 e. The van der Waals surface area contributed by atoms with Crippen molar-refractivity contribution in [1.82, 2.24) is 4.90 Å². The van der Waals surface area contributed by atoms with E-state index in [4.69, 9.17) is 4.74 Å². The lowest BCUT2D eigenvalue weighted by Gasteiger charge is -2.22. The molecular weight excluding hydrogens is 345 g/mol. The van der Waals surface area contributed by atoms with E-state index in [9.17, 15) is 9.59 Å². The zero-order valence-corrected chi connectivity index (χ0v) is 12.2. The first-order valence-electron chi connectivity index (χ1n) is 5.78. The molecule has 0 aromatic heterocycles. The Balaban J connectivity index is 2.17. The number of carbonyl (C=O) groups excluding carboxylic acids is 2. The summed E-state index contributed by atoms with van der Waals surface area (Å²) in [5.41, 5.74) is 0.617. The van der Waals surface area contributed by atoms with Gasteiger partial charge in [0, 0.05) is 15.7 Å². The van der Waals surface area contributed by atoms with Gasteiger partial charge < -0.3 is 9.64 Å². The SMILES string of the molecule is COC(=O)C1CCCN1C(=O)c1ccc(I)cc1. The Morgan fingerprint density at radius 3 is 2.61 bits per heavy atom. The van der Waals surface area contributed by atoms with E-state index in [1.54, 1.807) is 17.0 Å². The average molecular weight is 359 g/mol. The predicted octanol–water partition coefficient (Wildman–Crippen LogP) is 2.07. The number of methoxy groups -OCH3 is 1. The van der Waals surface area contributed by atoms with Crippen molar-refractivity contribution in [1.29, 1.82) is 0 Å². The van der Waals surface area contributed by atoms with Crippen molar-refractivity contribution < 1.29 is 14.3 Å². The topological polar surface area (TPSA) is 46.6 Å². The van der Waals surface area contributed by atoms with Crippen LogP contribution >= 0.6 is 22.6 Å². The highest BCUT2D eigenvalue weighted by molar-refractivity contribution is 14.1. The zero-order valence-electron chi connectivity index (χ0n) is 10.1. The van der Waals surface area contributed by atoms with Crippen LogP contribution in [0.1, 0.15) is 23.2 Å². The molecule has 2 rings (SSSR count). The largest absolute Gasteiger partial charge is 0.467 e. The molecule has 1 atom stereocenters. The van der Waals surface area contributed by atoms with Gasteiger partial charge in [0.15, 0.2) is 0 Å². The number of nitrogens with zero attached hydrogens (tertiary/aromatic N) is 1. The lowest BCUT2D eigenvalue weighted by Crippen LogP contribution is -2.41. The molecule has 0 saturated carbocycles. The number of ether oxygens (including phenoxy) is 1. The first-order chi connectivity index (χ1) is 8.63. The number of hydrogen-bond acceptors (Lipinski definition) is 3. The molecule has 1 aliphatic heterocycles. The van der Waals surface area contributed by atoms with Crippen LogP contribution < -0.4 is 0 Å². The number of halogens is 1. The molecule has 1 aromatic carbocycles. The lowest BCUT2D eigenvalue weighted by molar-refractivity contribution is -0.145. The highest BCUT2D eigenvalue weighted by atomic mass is 127. The van der Waals surface area contributed by atoms with E-state index < -0.39 is 6.04 Å². The maximum atomic E-state index is 12.3. The third-order valence-electron chi connectivity index (χ3n) is 3.08. The molecular formula is C13H14INO3. The second kappa shape index (κ2) is 5.69. The fourth-order valence-electron chi connectivity index (χ4n) is 2.15. The molecule has 1 fully saturated rings. The number of likely N-dealkylation sites (tertiary alicyclic amines) is 1. The number of esters is 1. The quantitative estimate of drug-likeness (QED) is 0.600. The smallest absolute Gasteiger partial charge is 0.328 e. The second-order valence-corrected chi connectivity index (χ2v) is 5.43. The van der Waals surface area contributed by atoms with Crippen LogP contribution in [-0.4, -0.2) is 36.5 Å². The number of rotatable bonds is 2. The van der Waals surface area contributed by atoms with Crippen molar-refractivity contribution >= 4 is 34.5 Å². The minimum absolute atomic E-state index is 0.0979. The number of hydrogen-bond donors (Lipinski definition) is 0. The second-order valence-electron chi connectivity index (χ2n) is 4.19. The van der Waals surface area contributed by atoms with E-state index in [0.29, 0.717) is 18.5 Å². The normalized spacial score (nSPS) is 18.8. The third kappa shape index (κ3) is 2.66. The highest BCUT2D eigenvalue weighted by Crippen LogP contribution is 2.21. The Labute approximate surface area is 119 Å². The standard InChI is InChI=1S/C13H14INO3/c1-18-13(17)11-3-2-8-15(11)12(16)9-4-6-10(14)7-5-9/h4-7,11H,2-3,8H2,1H3. The van der Waals surface area contributed by atoms with Gasteiger partial charge in [-0.1, -0.05) is 0 Å². The Morgan fingerprint density at radius 1 is 1.33 bits per heavy atom. The van der Waals surface area contributed by atoms with Crippen LogP contribution in [0.15, 0.2) is 24.3 Å². The molecule has 0 N–H and O–H groups in total. The summed E-state index contributed by atoms with van der Waals surface area (Å²) < 4.78 is 5.81. The fourth-order valence-corrected chi connectivity index (χ4v) is 2.51. The van der Waals surface area contributed by atoms with Gasteiger partial charge >= 0.3 is 5.97 Å². The van der Waals surface area contributed by atoms with Crippen LogP contribution in [-0.2, 0) is 9.53 Å². The fraction of sp³-hybridized carbons (Fsp3) is 0.385. The summed E-state index contributed by atoms with van der Waals surface area (Å²) in [7, 11) is 1.36. The van der Waals surface area contributed by atoms with Crippen molar-refractivity contribution in [3.63, 3.8) is 0 Å². The van der Waals surface area contributed by atoms with Crippen LogP contribution in [0.25, 0.3) is 0 Å². The molecule has 1 amide bonds. The summed E-state index contributed by atoms with van der Waals surface area (Å²) in [6, 6.07) is 6.92. The highest BCUT2D eigenvalue weighted by Gasteiger charge is 2.35. The molecule has 18 heavy (non-hydrogen) atoms. The van der Waals surface area contributed by atoms with E-state index in [-0.39, 0.29) is 11.9 Å². The van der Waals surface area contributed by atoms with Crippen LogP contribution in [0.4, 0.5) is 0 Å². The van der Waals surface area contributed by atoms with Gasteiger partial charge in [-0.3, -0.25) is 4.79 Å². The Morgan fingerprint density at radius 2 is 2.00 bits per heavy atom. The molecule has 1 aliphatic rings. The van der Waals surface area contributed by atoms with E-state index in [2.05, 4.69) is 22.6 Å². The van der Waals surface area contributed by atoms with Gasteiger partial charge in [-0.15, -0.1) is 0 Å². The van der Waals surface area contributed by atoms with E-state index in [1.807, 2.05) is 12.1 Å². The lowest BCUT2D eigenvalue weighted by atomic mass is 10.1. The summed E-state index contributed by atoms with van der Waals surface area (Å²) in [6.45, 7) is 0.616. The molecule has 1 aromatic rings. The molecule has 1 unspecified atom stereocenters. The van der Waals surface area contributed by atoms with Gasteiger partial charge in [0.25, 0.3) is 5.91 Å².